The predicted octanol–water partition coefficient (Wildman–Crippen LogP) is 2.40. The van der Waals surface area contributed by atoms with E-state index in [9.17, 15) is 14.4 Å². The van der Waals surface area contributed by atoms with Crippen LogP contribution in [-0.2, 0) is 20.8 Å². The first-order valence-corrected chi connectivity index (χ1v) is 8.23. The molecule has 2 rings (SSSR count). The van der Waals surface area contributed by atoms with Gasteiger partial charge in [-0.05, 0) is 37.0 Å². The monoisotopic (exact) mass is 346 g/mol. The van der Waals surface area contributed by atoms with Crippen molar-refractivity contribution in [3.05, 3.63) is 30.0 Å². The molecule has 0 saturated heterocycles. The van der Waals surface area contributed by atoms with E-state index in [-0.39, 0.29) is 24.7 Å². The van der Waals surface area contributed by atoms with Crippen molar-refractivity contribution in [3.8, 4) is 5.75 Å². The molecule has 0 bridgehead atoms. The molecule has 3 N–H and O–H groups in total. The Labute approximate surface area is 145 Å². The molecule has 1 amide bonds. The molecule has 1 heterocycles. The molecule has 7 nitrogen and oxygen atoms in total. The molecule has 2 aromatic rings. The fourth-order valence-corrected chi connectivity index (χ4v) is 2.59. The van der Waals surface area contributed by atoms with Crippen LogP contribution >= 0.6 is 0 Å². The number of carboxylic acids is 1. The fourth-order valence-electron chi connectivity index (χ4n) is 2.59. The molecule has 0 fully saturated rings. The molecule has 134 valence electrons. The lowest BCUT2D eigenvalue weighted by molar-refractivity contribution is -0.138. The van der Waals surface area contributed by atoms with Crippen molar-refractivity contribution in [2.24, 2.45) is 0 Å². The number of aromatic amines is 1. The third-order valence-electron chi connectivity index (χ3n) is 3.76. The van der Waals surface area contributed by atoms with Gasteiger partial charge in [-0.2, -0.15) is 0 Å². The molecule has 0 saturated carbocycles. The van der Waals surface area contributed by atoms with Crippen LogP contribution in [0.2, 0.25) is 0 Å². The topological polar surface area (TPSA) is 108 Å². The summed E-state index contributed by atoms with van der Waals surface area (Å²) in [4.78, 5) is 36.6. The van der Waals surface area contributed by atoms with Crippen LogP contribution < -0.4 is 10.1 Å². The van der Waals surface area contributed by atoms with Gasteiger partial charge in [0.25, 0.3) is 0 Å². The van der Waals surface area contributed by atoms with Crippen LogP contribution in [0.5, 0.6) is 5.75 Å². The van der Waals surface area contributed by atoms with Crippen LogP contribution in [0, 0.1) is 0 Å². The summed E-state index contributed by atoms with van der Waals surface area (Å²) in [5, 5.41) is 12.2. The molecular weight excluding hydrogens is 324 g/mol. The summed E-state index contributed by atoms with van der Waals surface area (Å²) in [7, 11) is 0. The van der Waals surface area contributed by atoms with Crippen LogP contribution in [0.1, 0.15) is 38.2 Å². The molecule has 0 atom stereocenters. The quantitative estimate of drug-likeness (QED) is 0.367. The lowest BCUT2D eigenvalue weighted by Crippen LogP contribution is -2.22. The van der Waals surface area contributed by atoms with Crippen molar-refractivity contribution < 1.29 is 24.2 Å². The number of amides is 1. The van der Waals surface area contributed by atoms with Crippen molar-refractivity contribution in [3.63, 3.8) is 0 Å². The Hall–Kier alpha value is -2.83. The minimum Gasteiger partial charge on any atom is -0.481 e. The average molecular weight is 346 g/mol. The number of carboxylic acid groups (broad SMARTS) is 1. The Kier molecular flexibility index (Phi) is 6.56. The van der Waals surface area contributed by atoms with Crippen LogP contribution in [-0.4, -0.2) is 34.5 Å². The molecular formula is C18H22N2O5. The highest BCUT2D eigenvalue weighted by molar-refractivity contribution is 5.91. The number of aliphatic carboxylic acids is 1. The molecule has 0 radical (unpaired) electrons. The first-order valence-electron chi connectivity index (χ1n) is 8.23. The highest BCUT2D eigenvalue weighted by Gasteiger charge is 2.13. The number of carbonyl (C=O) groups is 3. The second-order valence-corrected chi connectivity index (χ2v) is 5.80. The minimum atomic E-state index is -0.866. The Balaban J connectivity index is 2.02. The van der Waals surface area contributed by atoms with E-state index in [4.69, 9.17) is 9.84 Å². The van der Waals surface area contributed by atoms with E-state index in [1.54, 1.807) is 12.1 Å². The Morgan fingerprint density at radius 2 is 1.96 bits per heavy atom. The van der Waals surface area contributed by atoms with Crippen molar-refractivity contribution in [1.29, 1.82) is 0 Å². The summed E-state index contributed by atoms with van der Waals surface area (Å²) in [5.41, 5.74) is 1.81. The number of ether oxygens (including phenoxy) is 1. The number of rotatable bonds is 9. The van der Waals surface area contributed by atoms with Gasteiger partial charge in [0, 0.05) is 43.4 Å². The highest BCUT2D eigenvalue weighted by Crippen LogP contribution is 2.29. The van der Waals surface area contributed by atoms with Crippen LogP contribution in [0.4, 0.5) is 0 Å². The number of benzene rings is 1. The van der Waals surface area contributed by atoms with Crippen LogP contribution in [0.3, 0.4) is 0 Å². The van der Waals surface area contributed by atoms with Crippen molar-refractivity contribution >= 4 is 28.7 Å². The van der Waals surface area contributed by atoms with E-state index >= 15 is 0 Å². The molecule has 0 aliphatic carbocycles. The predicted molar refractivity (Wildman–Crippen MR) is 92.4 cm³/mol. The van der Waals surface area contributed by atoms with Gasteiger partial charge in [0.2, 0.25) is 5.91 Å². The maximum atomic E-state index is 12.0. The number of unbranched alkanes of at least 4 members (excludes halogenated alkanes) is 1. The summed E-state index contributed by atoms with van der Waals surface area (Å²) in [6.07, 6.45) is 3.61. The number of fused-ring (bicyclic) bond motifs is 1. The molecule has 25 heavy (non-hydrogen) atoms. The van der Waals surface area contributed by atoms with Crippen molar-refractivity contribution in [2.75, 3.05) is 6.54 Å². The van der Waals surface area contributed by atoms with E-state index in [2.05, 4.69) is 10.3 Å². The zero-order valence-electron chi connectivity index (χ0n) is 14.1. The van der Waals surface area contributed by atoms with Gasteiger partial charge < -0.3 is 20.1 Å². The van der Waals surface area contributed by atoms with Gasteiger partial charge in [-0.3, -0.25) is 14.4 Å². The van der Waals surface area contributed by atoms with E-state index in [1.165, 1.54) is 6.92 Å². The number of hydrogen-bond donors (Lipinski definition) is 3. The zero-order valence-corrected chi connectivity index (χ0v) is 14.1. The van der Waals surface area contributed by atoms with E-state index in [0.717, 1.165) is 16.5 Å². The summed E-state index contributed by atoms with van der Waals surface area (Å²) >= 11 is 0. The number of H-pyrrole nitrogens is 1. The van der Waals surface area contributed by atoms with Gasteiger partial charge in [-0.25, -0.2) is 0 Å². The largest absolute Gasteiger partial charge is 0.481 e. The van der Waals surface area contributed by atoms with Gasteiger partial charge in [0.05, 0.1) is 0 Å². The van der Waals surface area contributed by atoms with Crippen LogP contribution in [0.15, 0.2) is 24.4 Å². The maximum Gasteiger partial charge on any atom is 0.311 e. The summed E-state index contributed by atoms with van der Waals surface area (Å²) < 4.78 is 5.47. The number of nitrogens with one attached hydrogen (secondary N) is 2. The molecule has 0 aliphatic heterocycles. The molecule has 0 unspecified atom stereocenters. The van der Waals surface area contributed by atoms with E-state index < -0.39 is 5.97 Å². The van der Waals surface area contributed by atoms with Crippen LogP contribution in [0.25, 0.3) is 10.9 Å². The second-order valence-electron chi connectivity index (χ2n) is 5.80. The fraction of sp³-hybridized carbons (Fsp3) is 0.389. The average Bonchev–Trinajstić information content (AvgIpc) is 2.95. The number of carbonyl (C=O) groups excluding carboxylic acids is 2. The molecule has 0 aliphatic rings. The Morgan fingerprint density at radius 3 is 2.68 bits per heavy atom. The Morgan fingerprint density at radius 1 is 1.20 bits per heavy atom. The lowest BCUT2D eigenvalue weighted by Gasteiger charge is -2.08. The zero-order chi connectivity index (χ0) is 18.2. The first-order chi connectivity index (χ1) is 12.0. The second kappa shape index (κ2) is 8.86. The molecule has 7 heteroatoms. The van der Waals surface area contributed by atoms with Gasteiger partial charge in [0.15, 0.2) is 0 Å². The summed E-state index contributed by atoms with van der Waals surface area (Å²) in [6, 6.07) is 5.41. The standard InChI is InChI=1S/C18H22N2O5/c1-12(21)19-10-9-13-11-20-14-5-4-6-15(18(13)14)25-17(24)8-3-2-7-16(22)23/h4-6,11,20H,2-3,7-10H2,1H3,(H,19,21)(H,22,23). The van der Waals surface area contributed by atoms with Gasteiger partial charge in [-0.15, -0.1) is 0 Å². The molecule has 0 spiro atoms. The normalized spacial score (nSPS) is 10.6. The van der Waals surface area contributed by atoms with E-state index in [0.29, 0.717) is 31.6 Å². The van der Waals surface area contributed by atoms with Gasteiger partial charge in [0.1, 0.15) is 5.75 Å². The summed E-state index contributed by atoms with van der Waals surface area (Å²) in [6.45, 7) is 1.96. The van der Waals surface area contributed by atoms with Gasteiger partial charge in [-0.1, -0.05) is 6.07 Å². The first kappa shape index (κ1) is 18.5. The SMILES string of the molecule is CC(=O)NCCc1c[nH]c2cccc(OC(=O)CCCCC(=O)O)c12. The number of hydrogen-bond acceptors (Lipinski definition) is 4. The molecule has 1 aromatic carbocycles. The third kappa shape index (κ3) is 5.63. The van der Waals surface area contributed by atoms with Gasteiger partial charge >= 0.3 is 11.9 Å². The summed E-state index contributed by atoms with van der Waals surface area (Å²) in [5.74, 6) is -0.867. The van der Waals surface area contributed by atoms with Crippen molar-refractivity contribution in [1.82, 2.24) is 10.3 Å². The molecule has 1 aromatic heterocycles. The van der Waals surface area contributed by atoms with Crippen molar-refractivity contribution in [2.45, 2.75) is 39.0 Å². The minimum absolute atomic E-state index is 0.0496. The number of aromatic nitrogens is 1. The number of esters is 1. The smallest absolute Gasteiger partial charge is 0.311 e. The van der Waals surface area contributed by atoms with E-state index in [1.807, 2.05) is 12.3 Å². The third-order valence-corrected chi connectivity index (χ3v) is 3.76. The highest BCUT2D eigenvalue weighted by atomic mass is 16.5. The Bertz CT molecular complexity index is 766. The lowest BCUT2D eigenvalue weighted by atomic mass is 10.1. The maximum absolute atomic E-state index is 12.0.